The first-order valence-electron chi connectivity index (χ1n) is 6.20. The maximum absolute atomic E-state index is 9.37. The van der Waals surface area contributed by atoms with Gasteiger partial charge in [-0.3, -0.25) is 0 Å². The number of benzene rings is 2. The minimum atomic E-state index is -0.170. The van der Waals surface area contributed by atoms with E-state index in [1.54, 1.807) is 0 Å². The van der Waals surface area contributed by atoms with Gasteiger partial charge in [0.1, 0.15) is 0 Å². The largest absolute Gasteiger partial charge is 0.454 e. The third-order valence-electron chi connectivity index (χ3n) is 3.24. The minimum Gasteiger partial charge on any atom is -0.454 e. The quantitative estimate of drug-likeness (QED) is 0.840. The van der Waals surface area contributed by atoms with Crippen LogP contribution in [0.2, 0.25) is 0 Å². The Bertz CT molecular complexity index is 616. The van der Waals surface area contributed by atoms with Crippen LogP contribution in [0, 0.1) is 11.3 Å². The summed E-state index contributed by atoms with van der Waals surface area (Å²) in [5.41, 5.74) is 2.13. The molecule has 0 aliphatic carbocycles. The van der Waals surface area contributed by atoms with Crippen LogP contribution < -0.4 is 9.47 Å². The number of fused-ring (bicyclic) bond motifs is 1. The van der Waals surface area contributed by atoms with Gasteiger partial charge < -0.3 is 9.47 Å². The van der Waals surface area contributed by atoms with Crippen LogP contribution in [0.15, 0.2) is 48.5 Å². The SMILES string of the molecule is N#CC(Cc1ccccc1)c1ccc2c(c1)OCO2. The molecular weight excluding hydrogens is 238 g/mol. The molecule has 0 radical (unpaired) electrons. The summed E-state index contributed by atoms with van der Waals surface area (Å²) in [4.78, 5) is 0. The van der Waals surface area contributed by atoms with Crippen molar-refractivity contribution in [2.75, 3.05) is 6.79 Å². The van der Waals surface area contributed by atoms with Crippen LogP contribution in [-0.2, 0) is 6.42 Å². The van der Waals surface area contributed by atoms with Gasteiger partial charge in [0, 0.05) is 0 Å². The molecule has 3 rings (SSSR count). The van der Waals surface area contributed by atoms with Crippen LogP contribution in [0.5, 0.6) is 11.5 Å². The normalized spacial score (nSPS) is 13.8. The average molecular weight is 251 g/mol. The van der Waals surface area contributed by atoms with Crippen molar-refractivity contribution in [2.24, 2.45) is 0 Å². The highest BCUT2D eigenvalue weighted by Crippen LogP contribution is 2.35. The van der Waals surface area contributed by atoms with Crippen molar-refractivity contribution in [3.8, 4) is 17.6 Å². The standard InChI is InChI=1S/C16H13NO2/c17-10-14(8-12-4-2-1-3-5-12)13-6-7-15-16(9-13)19-11-18-15/h1-7,9,14H,8,11H2. The lowest BCUT2D eigenvalue weighted by molar-refractivity contribution is 0.174. The van der Waals surface area contributed by atoms with E-state index in [1.165, 1.54) is 0 Å². The van der Waals surface area contributed by atoms with Crippen molar-refractivity contribution >= 4 is 0 Å². The zero-order chi connectivity index (χ0) is 13.1. The molecule has 0 saturated carbocycles. The van der Waals surface area contributed by atoms with Gasteiger partial charge in [0.15, 0.2) is 11.5 Å². The van der Waals surface area contributed by atoms with Crippen molar-refractivity contribution < 1.29 is 9.47 Å². The van der Waals surface area contributed by atoms with Crippen LogP contribution in [0.1, 0.15) is 17.0 Å². The molecule has 2 aromatic rings. The van der Waals surface area contributed by atoms with E-state index in [-0.39, 0.29) is 12.7 Å². The highest BCUT2D eigenvalue weighted by molar-refractivity contribution is 5.46. The Hall–Kier alpha value is -2.47. The Morgan fingerprint density at radius 2 is 1.84 bits per heavy atom. The van der Waals surface area contributed by atoms with Crippen LogP contribution in [0.25, 0.3) is 0 Å². The molecule has 2 aromatic carbocycles. The Kier molecular flexibility index (Phi) is 3.07. The van der Waals surface area contributed by atoms with Gasteiger partial charge in [-0.05, 0) is 29.7 Å². The van der Waals surface area contributed by atoms with E-state index in [0.29, 0.717) is 6.42 Å². The van der Waals surface area contributed by atoms with Crippen LogP contribution >= 0.6 is 0 Å². The Morgan fingerprint density at radius 3 is 2.63 bits per heavy atom. The smallest absolute Gasteiger partial charge is 0.231 e. The van der Waals surface area contributed by atoms with Crippen LogP contribution in [-0.4, -0.2) is 6.79 Å². The second-order valence-electron chi connectivity index (χ2n) is 4.48. The van der Waals surface area contributed by atoms with Gasteiger partial charge in [-0.25, -0.2) is 0 Å². The average Bonchev–Trinajstić information content (AvgIpc) is 2.93. The topological polar surface area (TPSA) is 42.2 Å². The number of rotatable bonds is 3. The molecule has 1 aliphatic rings. The van der Waals surface area contributed by atoms with Crippen LogP contribution in [0.4, 0.5) is 0 Å². The monoisotopic (exact) mass is 251 g/mol. The molecule has 0 spiro atoms. The molecule has 0 amide bonds. The zero-order valence-corrected chi connectivity index (χ0v) is 10.4. The Balaban J connectivity index is 1.85. The Morgan fingerprint density at radius 1 is 1.05 bits per heavy atom. The number of hydrogen-bond acceptors (Lipinski definition) is 3. The molecule has 1 heterocycles. The number of nitriles is 1. The van der Waals surface area contributed by atoms with Gasteiger partial charge in [-0.15, -0.1) is 0 Å². The molecule has 19 heavy (non-hydrogen) atoms. The second-order valence-corrected chi connectivity index (χ2v) is 4.48. The minimum absolute atomic E-state index is 0.170. The fraction of sp³-hybridized carbons (Fsp3) is 0.188. The predicted molar refractivity (Wildman–Crippen MR) is 71.1 cm³/mol. The summed E-state index contributed by atoms with van der Waals surface area (Å²) in [5.74, 6) is 1.31. The molecule has 0 fully saturated rings. The summed E-state index contributed by atoms with van der Waals surface area (Å²) in [6.45, 7) is 0.259. The van der Waals surface area contributed by atoms with Crippen molar-refractivity contribution in [1.29, 1.82) is 5.26 Å². The molecule has 3 nitrogen and oxygen atoms in total. The van der Waals surface area contributed by atoms with Gasteiger partial charge in [0.05, 0.1) is 12.0 Å². The second kappa shape index (κ2) is 5.03. The lowest BCUT2D eigenvalue weighted by atomic mass is 9.93. The number of hydrogen-bond donors (Lipinski definition) is 0. The summed E-state index contributed by atoms with van der Waals surface area (Å²) in [5, 5.41) is 9.37. The van der Waals surface area contributed by atoms with Crippen molar-refractivity contribution in [3.63, 3.8) is 0 Å². The van der Waals surface area contributed by atoms with Gasteiger partial charge in [-0.1, -0.05) is 36.4 Å². The van der Waals surface area contributed by atoms with Gasteiger partial charge >= 0.3 is 0 Å². The van der Waals surface area contributed by atoms with Crippen molar-refractivity contribution in [1.82, 2.24) is 0 Å². The molecule has 0 aromatic heterocycles. The van der Waals surface area contributed by atoms with E-state index >= 15 is 0 Å². The number of ether oxygens (including phenoxy) is 2. The molecule has 0 saturated heterocycles. The highest BCUT2D eigenvalue weighted by atomic mass is 16.7. The molecular formula is C16H13NO2. The predicted octanol–water partition coefficient (Wildman–Crippen LogP) is 3.27. The van der Waals surface area contributed by atoms with E-state index < -0.39 is 0 Å². The van der Waals surface area contributed by atoms with Gasteiger partial charge in [-0.2, -0.15) is 5.26 Å². The molecule has 0 bridgehead atoms. The molecule has 1 atom stereocenters. The molecule has 94 valence electrons. The van der Waals surface area contributed by atoms with Crippen molar-refractivity contribution in [3.05, 3.63) is 59.7 Å². The summed E-state index contributed by atoms with van der Waals surface area (Å²) >= 11 is 0. The third kappa shape index (κ3) is 2.38. The van der Waals surface area contributed by atoms with Crippen LogP contribution in [0.3, 0.4) is 0 Å². The molecule has 0 N–H and O–H groups in total. The first kappa shape index (κ1) is 11.6. The van der Waals surface area contributed by atoms with Gasteiger partial charge in [0.25, 0.3) is 0 Å². The number of nitrogens with zero attached hydrogens (tertiary/aromatic N) is 1. The lowest BCUT2D eigenvalue weighted by Crippen LogP contribution is -2.00. The lowest BCUT2D eigenvalue weighted by Gasteiger charge is -2.10. The van der Waals surface area contributed by atoms with E-state index in [9.17, 15) is 5.26 Å². The maximum atomic E-state index is 9.37. The summed E-state index contributed by atoms with van der Waals surface area (Å²) < 4.78 is 10.6. The van der Waals surface area contributed by atoms with E-state index in [1.807, 2.05) is 48.5 Å². The van der Waals surface area contributed by atoms with Crippen molar-refractivity contribution in [2.45, 2.75) is 12.3 Å². The fourth-order valence-electron chi connectivity index (χ4n) is 2.22. The summed E-state index contributed by atoms with van der Waals surface area (Å²) in [6, 6.07) is 18.1. The summed E-state index contributed by atoms with van der Waals surface area (Å²) in [6.07, 6.45) is 0.705. The highest BCUT2D eigenvalue weighted by Gasteiger charge is 2.18. The van der Waals surface area contributed by atoms with E-state index in [4.69, 9.17) is 9.47 Å². The zero-order valence-electron chi connectivity index (χ0n) is 10.4. The van der Waals surface area contributed by atoms with Gasteiger partial charge in [0.2, 0.25) is 6.79 Å². The van der Waals surface area contributed by atoms with E-state index in [2.05, 4.69) is 6.07 Å². The summed E-state index contributed by atoms with van der Waals surface area (Å²) in [7, 11) is 0. The molecule has 3 heteroatoms. The first-order chi connectivity index (χ1) is 9.36. The van der Waals surface area contributed by atoms with E-state index in [0.717, 1.165) is 22.6 Å². The maximum Gasteiger partial charge on any atom is 0.231 e. The Labute approximate surface area is 112 Å². The molecule has 1 aliphatic heterocycles. The third-order valence-corrected chi connectivity index (χ3v) is 3.24. The fourth-order valence-corrected chi connectivity index (χ4v) is 2.22. The first-order valence-corrected chi connectivity index (χ1v) is 6.20. The molecule has 1 unspecified atom stereocenters.